The highest BCUT2D eigenvalue weighted by molar-refractivity contribution is 7.85. The van der Waals surface area contributed by atoms with Gasteiger partial charge in [-0.3, -0.25) is 4.21 Å². The smallest absolute Gasteiger partial charge is 0.137 e. The van der Waals surface area contributed by atoms with Crippen molar-refractivity contribution in [1.82, 2.24) is 0 Å². The molecule has 0 heterocycles. The van der Waals surface area contributed by atoms with Gasteiger partial charge in [-0.25, -0.2) is 0 Å². The van der Waals surface area contributed by atoms with E-state index in [1.807, 2.05) is 6.07 Å². The molecule has 1 atom stereocenters. The van der Waals surface area contributed by atoms with E-state index in [4.69, 9.17) is 10.5 Å². The van der Waals surface area contributed by atoms with Crippen LogP contribution in [-0.4, -0.2) is 17.1 Å². The van der Waals surface area contributed by atoms with Gasteiger partial charge in [-0.1, -0.05) is 12.8 Å². The van der Waals surface area contributed by atoms with Crippen LogP contribution in [0, 0.1) is 5.92 Å². The van der Waals surface area contributed by atoms with Gasteiger partial charge in [-0.05, 0) is 30.9 Å². The molecule has 0 bridgehead atoms. The second-order valence-corrected chi connectivity index (χ2v) is 6.04. The monoisotopic (exact) mass is 253 g/mol. The maximum absolute atomic E-state index is 12.3. The third-order valence-electron chi connectivity index (χ3n) is 3.29. The Morgan fingerprint density at radius 3 is 2.76 bits per heavy atom. The van der Waals surface area contributed by atoms with Gasteiger partial charge in [0.05, 0.1) is 22.8 Å². The van der Waals surface area contributed by atoms with Crippen LogP contribution < -0.4 is 10.5 Å². The van der Waals surface area contributed by atoms with E-state index in [2.05, 4.69) is 0 Å². The molecule has 1 fully saturated rings. The normalized spacial score (nSPS) is 18.2. The van der Waals surface area contributed by atoms with E-state index in [0.717, 1.165) is 10.6 Å². The van der Waals surface area contributed by atoms with E-state index in [1.165, 1.54) is 25.7 Å². The molecule has 1 saturated carbocycles. The van der Waals surface area contributed by atoms with Crippen molar-refractivity contribution in [3.63, 3.8) is 0 Å². The maximum Gasteiger partial charge on any atom is 0.137 e. The fraction of sp³-hybridized carbons (Fsp3) is 0.538. The number of anilines is 1. The van der Waals surface area contributed by atoms with Crippen LogP contribution in [0.15, 0.2) is 23.1 Å². The fourth-order valence-electron chi connectivity index (χ4n) is 2.35. The zero-order chi connectivity index (χ0) is 12.3. The standard InChI is InChI=1S/C13H19NO2S/c1-16-12-8-11(14)6-7-13(12)17(15)9-10-4-2-3-5-10/h6-8,10H,2-5,9,14H2,1H3. The largest absolute Gasteiger partial charge is 0.495 e. The molecule has 0 saturated heterocycles. The van der Waals surface area contributed by atoms with Gasteiger partial charge < -0.3 is 10.5 Å². The number of benzene rings is 1. The number of hydrogen-bond acceptors (Lipinski definition) is 3. The fourth-order valence-corrected chi connectivity index (χ4v) is 3.88. The lowest BCUT2D eigenvalue weighted by Gasteiger charge is -2.12. The van der Waals surface area contributed by atoms with Gasteiger partial charge in [0, 0.05) is 17.5 Å². The number of methoxy groups -OCH3 is 1. The van der Waals surface area contributed by atoms with Crippen molar-refractivity contribution in [1.29, 1.82) is 0 Å². The molecular formula is C13H19NO2S. The summed E-state index contributed by atoms with van der Waals surface area (Å²) in [5.74, 6) is 2.00. The Labute approximate surface area is 105 Å². The van der Waals surface area contributed by atoms with Gasteiger partial charge in [-0.15, -0.1) is 0 Å². The summed E-state index contributed by atoms with van der Waals surface area (Å²) in [6.07, 6.45) is 4.98. The van der Waals surface area contributed by atoms with Crippen molar-refractivity contribution in [3.8, 4) is 5.75 Å². The van der Waals surface area contributed by atoms with Crippen LogP contribution in [0.2, 0.25) is 0 Å². The summed E-state index contributed by atoms with van der Waals surface area (Å²) >= 11 is 0. The molecule has 0 aliphatic heterocycles. The summed E-state index contributed by atoms with van der Waals surface area (Å²) in [6, 6.07) is 5.34. The zero-order valence-corrected chi connectivity index (χ0v) is 11.0. The Hall–Kier alpha value is -1.03. The third-order valence-corrected chi connectivity index (χ3v) is 4.90. The van der Waals surface area contributed by atoms with E-state index < -0.39 is 10.8 Å². The van der Waals surface area contributed by atoms with Gasteiger partial charge in [0.2, 0.25) is 0 Å². The van der Waals surface area contributed by atoms with Crippen molar-refractivity contribution in [3.05, 3.63) is 18.2 Å². The predicted octanol–water partition coefficient (Wildman–Crippen LogP) is 2.58. The molecule has 3 nitrogen and oxygen atoms in total. The minimum atomic E-state index is -0.974. The van der Waals surface area contributed by atoms with Crippen LogP contribution in [0.4, 0.5) is 5.69 Å². The summed E-state index contributed by atoms with van der Waals surface area (Å²) in [5.41, 5.74) is 6.33. The SMILES string of the molecule is COc1cc(N)ccc1S(=O)CC1CCCC1. The molecule has 1 aliphatic rings. The van der Waals surface area contributed by atoms with E-state index in [0.29, 0.717) is 17.4 Å². The molecule has 0 spiro atoms. The molecule has 17 heavy (non-hydrogen) atoms. The lowest BCUT2D eigenvalue weighted by Crippen LogP contribution is -2.09. The van der Waals surface area contributed by atoms with Crippen LogP contribution >= 0.6 is 0 Å². The topological polar surface area (TPSA) is 52.3 Å². The second-order valence-electron chi connectivity index (χ2n) is 4.57. The van der Waals surface area contributed by atoms with E-state index in [9.17, 15) is 4.21 Å². The minimum Gasteiger partial charge on any atom is -0.495 e. The predicted molar refractivity (Wildman–Crippen MR) is 70.6 cm³/mol. The molecule has 1 aromatic carbocycles. The van der Waals surface area contributed by atoms with Crippen molar-refractivity contribution in [2.24, 2.45) is 5.92 Å². The number of nitrogens with two attached hydrogens (primary N) is 1. The Morgan fingerprint density at radius 2 is 2.12 bits per heavy atom. The Morgan fingerprint density at radius 1 is 1.41 bits per heavy atom. The molecule has 1 aliphatic carbocycles. The van der Waals surface area contributed by atoms with Gasteiger partial charge in [0.25, 0.3) is 0 Å². The van der Waals surface area contributed by atoms with Gasteiger partial charge in [0.15, 0.2) is 0 Å². The second kappa shape index (κ2) is 5.54. The lowest BCUT2D eigenvalue weighted by molar-refractivity contribution is 0.404. The van der Waals surface area contributed by atoms with E-state index >= 15 is 0 Å². The first-order valence-electron chi connectivity index (χ1n) is 6.02. The highest BCUT2D eigenvalue weighted by Crippen LogP contribution is 2.30. The van der Waals surface area contributed by atoms with Gasteiger partial charge in [-0.2, -0.15) is 0 Å². The molecule has 0 radical (unpaired) electrons. The number of ether oxygens (including phenoxy) is 1. The van der Waals surface area contributed by atoms with Crippen molar-refractivity contribution < 1.29 is 8.95 Å². The first-order valence-corrected chi connectivity index (χ1v) is 7.34. The molecule has 1 unspecified atom stereocenters. The molecule has 2 rings (SSSR count). The highest BCUT2D eigenvalue weighted by Gasteiger charge is 2.20. The molecular weight excluding hydrogens is 234 g/mol. The van der Waals surface area contributed by atoms with E-state index in [-0.39, 0.29) is 0 Å². The summed E-state index contributed by atoms with van der Waals surface area (Å²) in [7, 11) is 0.615. The molecule has 0 amide bonds. The lowest BCUT2D eigenvalue weighted by atomic mass is 10.1. The summed E-state index contributed by atoms with van der Waals surface area (Å²) < 4.78 is 17.5. The van der Waals surface area contributed by atoms with Crippen LogP contribution in [0.5, 0.6) is 5.75 Å². The average Bonchev–Trinajstić information content (AvgIpc) is 2.81. The van der Waals surface area contributed by atoms with Gasteiger partial charge in [0.1, 0.15) is 5.75 Å². The first kappa shape index (κ1) is 12.4. The number of hydrogen-bond donors (Lipinski definition) is 1. The van der Waals surface area contributed by atoms with Crippen LogP contribution in [-0.2, 0) is 10.8 Å². The quantitative estimate of drug-likeness (QED) is 0.839. The van der Waals surface area contributed by atoms with Crippen molar-refractivity contribution in [2.75, 3.05) is 18.6 Å². The first-order chi connectivity index (χ1) is 8.20. The summed E-state index contributed by atoms with van der Waals surface area (Å²) in [6.45, 7) is 0. The number of rotatable bonds is 4. The Kier molecular flexibility index (Phi) is 4.05. The van der Waals surface area contributed by atoms with Crippen LogP contribution in [0.3, 0.4) is 0 Å². The molecule has 2 N–H and O–H groups in total. The highest BCUT2D eigenvalue weighted by atomic mass is 32.2. The molecule has 1 aromatic rings. The molecule has 0 aromatic heterocycles. The Balaban J connectivity index is 2.12. The maximum atomic E-state index is 12.3. The zero-order valence-electron chi connectivity index (χ0n) is 10.1. The summed E-state index contributed by atoms with van der Waals surface area (Å²) in [4.78, 5) is 0.772. The van der Waals surface area contributed by atoms with Gasteiger partial charge >= 0.3 is 0 Å². The van der Waals surface area contributed by atoms with Crippen LogP contribution in [0.1, 0.15) is 25.7 Å². The van der Waals surface area contributed by atoms with Crippen molar-refractivity contribution >= 4 is 16.5 Å². The minimum absolute atomic E-state index is 0.609. The number of nitrogen functional groups attached to an aromatic ring is 1. The molecule has 94 valence electrons. The Bertz CT molecular complexity index is 414. The third kappa shape index (κ3) is 3.00. The average molecular weight is 253 g/mol. The van der Waals surface area contributed by atoms with Crippen molar-refractivity contribution in [2.45, 2.75) is 30.6 Å². The van der Waals surface area contributed by atoms with E-state index in [1.54, 1.807) is 19.2 Å². The molecule has 4 heteroatoms. The summed E-state index contributed by atoms with van der Waals surface area (Å²) in [5, 5.41) is 0. The van der Waals surface area contributed by atoms with Crippen LogP contribution in [0.25, 0.3) is 0 Å².